The maximum Gasteiger partial charge on any atom is 0.417 e. The van der Waals surface area contributed by atoms with Crippen molar-refractivity contribution in [1.82, 2.24) is 35.5 Å². The molecule has 3 heterocycles. The van der Waals surface area contributed by atoms with Crippen molar-refractivity contribution in [3.05, 3.63) is 89.6 Å². The lowest BCUT2D eigenvalue weighted by Gasteiger charge is -2.30. The molecule has 0 fully saturated rings. The fourth-order valence-electron chi connectivity index (χ4n) is 3.97. The molecule has 1 amide bonds. The van der Waals surface area contributed by atoms with Gasteiger partial charge in [-0.15, -0.1) is 5.10 Å². The van der Waals surface area contributed by atoms with E-state index in [9.17, 15) is 18.0 Å². The molecule has 0 spiro atoms. The molecular formula is C27H28F3N7O2. The molecule has 39 heavy (non-hydrogen) atoms. The Hall–Kier alpha value is -4.35. The van der Waals surface area contributed by atoms with Crippen LogP contribution in [0.2, 0.25) is 0 Å². The van der Waals surface area contributed by atoms with E-state index in [4.69, 9.17) is 4.74 Å². The SMILES string of the molecule is Cc1ccc(CC(c2cc(-n3cnnn3)ccn2)C(C)NC(=O)C(C)(C)Oc2ccc(C(F)(F)F)cn2)cc1. The molecule has 0 saturated heterocycles. The molecule has 1 aromatic carbocycles. The van der Waals surface area contributed by atoms with Crippen molar-refractivity contribution in [3.8, 4) is 11.6 Å². The predicted octanol–water partition coefficient (Wildman–Crippen LogP) is 4.47. The average Bonchev–Trinajstić information content (AvgIpc) is 3.43. The van der Waals surface area contributed by atoms with E-state index in [1.807, 2.05) is 44.2 Å². The van der Waals surface area contributed by atoms with Crippen molar-refractivity contribution in [2.45, 2.75) is 57.9 Å². The van der Waals surface area contributed by atoms with Crippen LogP contribution in [0.3, 0.4) is 0 Å². The first-order chi connectivity index (χ1) is 18.4. The van der Waals surface area contributed by atoms with Gasteiger partial charge in [0.15, 0.2) is 5.60 Å². The van der Waals surface area contributed by atoms with Gasteiger partial charge in [-0.05, 0) is 68.3 Å². The molecule has 0 aliphatic heterocycles. The number of carbonyl (C=O) groups excluding carboxylic acids is 1. The van der Waals surface area contributed by atoms with Crippen molar-refractivity contribution in [2.75, 3.05) is 0 Å². The van der Waals surface area contributed by atoms with Gasteiger partial charge < -0.3 is 10.1 Å². The molecular weight excluding hydrogens is 511 g/mol. The van der Waals surface area contributed by atoms with Crippen molar-refractivity contribution in [1.29, 1.82) is 0 Å². The predicted molar refractivity (Wildman–Crippen MR) is 136 cm³/mol. The lowest BCUT2D eigenvalue weighted by Crippen LogP contribution is -2.51. The molecule has 0 bridgehead atoms. The lowest BCUT2D eigenvalue weighted by molar-refractivity contribution is -0.138. The summed E-state index contributed by atoms with van der Waals surface area (Å²) in [6.45, 7) is 6.93. The average molecular weight is 540 g/mol. The van der Waals surface area contributed by atoms with Crippen LogP contribution in [-0.4, -0.2) is 47.7 Å². The Bertz CT molecular complexity index is 1390. The summed E-state index contributed by atoms with van der Waals surface area (Å²) in [6.07, 6.45) is -0.126. The molecule has 2 unspecified atom stereocenters. The third-order valence-electron chi connectivity index (χ3n) is 6.27. The summed E-state index contributed by atoms with van der Waals surface area (Å²) >= 11 is 0. The Kier molecular flexibility index (Phi) is 7.93. The summed E-state index contributed by atoms with van der Waals surface area (Å²) in [4.78, 5) is 21.6. The normalized spacial score (nSPS) is 13.5. The van der Waals surface area contributed by atoms with Crippen LogP contribution in [0.25, 0.3) is 5.69 Å². The van der Waals surface area contributed by atoms with Crippen molar-refractivity contribution in [3.63, 3.8) is 0 Å². The van der Waals surface area contributed by atoms with Crippen LogP contribution in [0.5, 0.6) is 5.88 Å². The highest BCUT2D eigenvalue weighted by Crippen LogP contribution is 2.30. The Morgan fingerprint density at radius 1 is 1.08 bits per heavy atom. The maximum atomic E-state index is 13.3. The summed E-state index contributed by atoms with van der Waals surface area (Å²) in [5.74, 6) is -0.793. The highest BCUT2D eigenvalue weighted by atomic mass is 19.4. The largest absolute Gasteiger partial charge is 0.462 e. The number of ether oxygens (including phenoxy) is 1. The zero-order valence-electron chi connectivity index (χ0n) is 21.8. The number of aromatic nitrogens is 6. The van der Waals surface area contributed by atoms with Crippen molar-refractivity contribution >= 4 is 5.91 Å². The van der Waals surface area contributed by atoms with Crippen LogP contribution >= 0.6 is 0 Å². The van der Waals surface area contributed by atoms with Crippen molar-refractivity contribution < 1.29 is 22.7 Å². The summed E-state index contributed by atoms with van der Waals surface area (Å²) in [7, 11) is 0. The van der Waals surface area contributed by atoms with Gasteiger partial charge in [-0.25, -0.2) is 9.67 Å². The highest BCUT2D eigenvalue weighted by Gasteiger charge is 2.35. The molecule has 1 N–H and O–H groups in total. The number of amides is 1. The smallest absolute Gasteiger partial charge is 0.417 e. The van der Waals surface area contributed by atoms with Gasteiger partial charge >= 0.3 is 6.18 Å². The van der Waals surface area contributed by atoms with Crippen LogP contribution in [0.4, 0.5) is 13.2 Å². The number of benzene rings is 1. The number of nitrogens with zero attached hydrogens (tertiary/aromatic N) is 6. The van der Waals surface area contributed by atoms with E-state index in [1.54, 1.807) is 12.3 Å². The fraction of sp³-hybridized carbons (Fsp3) is 0.333. The maximum absolute atomic E-state index is 13.3. The molecule has 2 atom stereocenters. The number of hydrogen-bond donors (Lipinski definition) is 1. The minimum atomic E-state index is -4.52. The molecule has 204 valence electrons. The Morgan fingerprint density at radius 3 is 2.44 bits per heavy atom. The summed E-state index contributed by atoms with van der Waals surface area (Å²) in [5, 5.41) is 14.3. The minimum Gasteiger partial charge on any atom is -0.462 e. The first kappa shape index (κ1) is 27.7. The van der Waals surface area contributed by atoms with E-state index in [0.717, 1.165) is 34.6 Å². The summed E-state index contributed by atoms with van der Waals surface area (Å²) < 4.78 is 45.8. The minimum absolute atomic E-state index is 0.0946. The molecule has 4 rings (SSSR count). The number of aryl methyl sites for hydroxylation is 1. The van der Waals surface area contributed by atoms with Crippen LogP contribution in [0, 0.1) is 6.92 Å². The Balaban J connectivity index is 1.55. The number of rotatable bonds is 9. The van der Waals surface area contributed by atoms with Gasteiger partial charge in [0.1, 0.15) is 6.33 Å². The van der Waals surface area contributed by atoms with Gasteiger partial charge in [0, 0.05) is 36.1 Å². The van der Waals surface area contributed by atoms with Gasteiger partial charge in [0.2, 0.25) is 5.88 Å². The van der Waals surface area contributed by atoms with Crippen LogP contribution in [-0.2, 0) is 17.4 Å². The van der Waals surface area contributed by atoms with Gasteiger partial charge in [0.25, 0.3) is 5.91 Å². The second kappa shape index (κ2) is 11.2. The second-order valence-electron chi connectivity index (χ2n) is 9.75. The fourth-order valence-corrected chi connectivity index (χ4v) is 3.97. The molecule has 0 radical (unpaired) electrons. The van der Waals surface area contributed by atoms with Crippen molar-refractivity contribution in [2.24, 2.45) is 0 Å². The summed E-state index contributed by atoms with van der Waals surface area (Å²) in [5.41, 5.74) is 1.31. The third-order valence-corrected chi connectivity index (χ3v) is 6.27. The van der Waals surface area contributed by atoms with E-state index >= 15 is 0 Å². The van der Waals surface area contributed by atoms with E-state index in [0.29, 0.717) is 12.6 Å². The molecule has 12 heteroatoms. The summed E-state index contributed by atoms with van der Waals surface area (Å²) in [6, 6.07) is 13.3. The Morgan fingerprint density at radius 2 is 1.82 bits per heavy atom. The topological polar surface area (TPSA) is 108 Å². The van der Waals surface area contributed by atoms with Gasteiger partial charge in [-0.1, -0.05) is 29.8 Å². The molecule has 4 aromatic rings. The zero-order valence-corrected chi connectivity index (χ0v) is 21.8. The van der Waals surface area contributed by atoms with E-state index < -0.39 is 29.3 Å². The highest BCUT2D eigenvalue weighted by molar-refractivity contribution is 5.85. The van der Waals surface area contributed by atoms with E-state index in [-0.39, 0.29) is 11.8 Å². The standard InChI is InChI=1S/C27H28F3N7O2/c1-17-5-7-19(8-6-17)13-22(23-14-21(11-12-31-23)37-16-33-35-36-37)18(2)34-25(38)26(3,4)39-24-10-9-20(15-32-24)27(28,29)30/h5-12,14-16,18,22H,13H2,1-4H3,(H,34,38). The number of carbonyl (C=O) groups is 1. The van der Waals surface area contributed by atoms with Gasteiger partial charge in [-0.3, -0.25) is 9.78 Å². The molecule has 9 nitrogen and oxygen atoms in total. The van der Waals surface area contributed by atoms with E-state index in [1.165, 1.54) is 24.9 Å². The molecule has 0 aliphatic carbocycles. The van der Waals surface area contributed by atoms with Crippen LogP contribution < -0.4 is 10.1 Å². The molecule has 0 saturated carbocycles. The molecule has 3 aromatic heterocycles. The number of tetrazole rings is 1. The second-order valence-corrected chi connectivity index (χ2v) is 9.75. The first-order valence-corrected chi connectivity index (χ1v) is 12.2. The number of hydrogen-bond acceptors (Lipinski definition) is 7. The number of nitrogens with one attached hydrogen (secondary N) is 1. The van der Waals surface area contributed by atoms with Gasteiger partial charge in [0.05, 0.1) is 11.3 Å². The number of pyridine rings is 2. The van der Waals surface area contributed by atoms with Gasteiger partial charge in [-0.2, -0.15) is 13.2 Å². The van der Waals surface area contributed by atoms with E-state index in [2.05, 4.69) is 30.8 Å². The quantitative estimate of drug-likeness (QED) is 0.334. The van der Waals surface area contributed by atoms with Crippen LogP contribution in [0.1, 0.15) is 49.1 Å². The molecule has 0 aliphatic rings. The first-order valence-electron chi connectivity index (χ1n) is 12.2. The third kappa shape index (κ3) is 6.95. The number of alkyl halides is 3. The van der Waals surface area contributed by atoms with Crippen LogP contribution in [0.15, 0.2) is 67.3 Å². The Labute approximate surface area is 223 Å². The monoisotopic (exact) mass is 539 g/mol. The number of halogens is 3. The lowest BCUT2D eigenvalue weighted by atomic mass is 9.88. The zero-order chi connectivity index (χ0) is 28.2.